The van der Waals surface area contributed by atoms with Gasteiger partial charge in [0.1, 0.15) is 0 Å². The SMILES string of the molecule is CC1(C)CCC[C@](C)([C@H]2CC[C@]3(C)[C@@H]2[C@H](O)C[C@@H]2[C@@]4(C)CC/C(=N\Nc5ccc(Cl)cc5)C(C)(C)[C@@H]4CC[C@]23C)O1. The van der Waals surface area contributed by atoms with Crippen LogP contribution in [0.4, 0.5) is 5.69 Å². The molecule has 6 rings (SSSR count). The minimum Gasteiger partial charge on any atom is -0.393 e. The maximum Gasteiger partial charge on any atom is 0.0693 e. The largest absolute Gasteiger partial charge is 0.393 e. The Morgan fingerprint density at radius 2 is 1.54 bits per heavy atom. The Morgan fingerprint density at radius 1 is 0.854 bits per heavy atom. The number of hydrogen-bond donors (Lipinski definition) is 2. The van der Waals surface area contributed by atoms with Crippen molar-refractivity contribution in [3.8, 4) is 0 Å². The van der Waals surface area contributed by atoms with Crippen LogP contribution in [0.5, 0.6) is 0 Å². The lowest BCUT2D eigenvalue weighted by atomic mass is 9.35. The molecule has 1 heterocycles. The highest BCUT2D eigenvalue weighted by Crippen LogP contribution is 2.76. The molecule has 5 fully saturated rings. The molecule has 2 N–H and O–H groups in total. The minimum absolute atomic E-state index is 0.00364. The minimum atomic E-state index is -0.253. The molecule has 0 amide bonds. The average molecular weight is 583 g/mol. The number of hydrazone groups is 1. The highest BCUT2D eigenvalue weighted by molar-refractivity contribution is 6.30. The number of fused-ring (bicyclic) bond motifs is 5. The number of nitrogens with zero attached hydrogens (tertiary/aromatic N) is 1. The second-order valence-corrected chi connectivity index (χ2v) is 17.3. The number of aliphatic hydroxyl groups excluding tert-OH is 1. The first-order valence-electron chi connectivity index (χ1n) is 16.5. The van der Waals surface area contributed by atoms with Crippen molar-refractivity contribution in [2.24, 2.45) is 50.4 Å². The summed E-state index contributed by atoms with van der Waals surface area (Å²) in [5, 5.41) is 17.9. The van der Waals surface area contributed by atoms with Gasteiger partial charge in [0, 0.05) is 16.1 Å². The molecule has 4 aliphatic carbocycles. The number of hydrogen-bond acceptors (Lipinski definition) is 4. The predicted octanol–water partition coefficient (Wildman–Crippen LogP) is 9.50. The monoisotopic (exact) mass is 582 g/mol. The molecule has 5 heteroatoms. The van der Waals surface area contributed by atoms with Gasteiger partial charge in [-0.05, 0) is 149 Å². The maximum atomic E-state index is 12.2. The van der Waals surface area contributed by atoms with Crippen molar-refractivity contribution in [1.82, 2.24) is 0 Å². The number of ether oxygens (including phenoxy) is 1. The fourth-order valence-corrected chi connectivity index (χ4v) is 12.1. The molecule has 1 aromatic rings. The van der Waals surface area contributed by atoms with Crippen LogP contribution in [-0.2, 0) is 4.74 Å². The summed E-state index contributed by atoms with van der Waals surface area (Å²) in [6, 6.07) is 7.81. The summed E-state index contributed by atoms with van der Waals surface area (Å²) in [6.45, 7) is 19.6. The van der Waals surface area contributed by atoms with Crippen molar-refractivity contribution in [3.63, 3.8) is 0 Å². The summed E-state index contributed by atoms with van der Waals surface area (Å²) in [6.07, 6.45) is 11.2. The molecule has 1 aromatic carbocycles. The molecule has 0 radical (unpaired) electrons. The number of aliphatic hydroxyl groups is 1. The van der Waals surface area contributed by atoms with E-state index in [2.05, 4.69) is 60.8 Å². The number of halogens is 1. The van der Waals surface area contributed by atoms with Crippen molar-refractivity contribution in [2.45, 2.75) is 137 Å². The highest BCUT2D eigenvalue weighted by atomic mass is 35.5. The van der Waals surface area contributed by atoms with Crippen LogP contribution in [0, 0.1) is 45.3 Å². The Labute approximate surface area is 254 Å². The van der Waals surface area contributed by atoms with Crippen LogP contribution >= 0.6 is 11.6 Å². The van der Waals surface area contributed by atoms with Crippen LogP contribution in [-0.4, -0.2) is 28.1 Å². The van der Waals surface area contributed by atoms with Gasteiger partial charge in [-0.2, -0.15) is 5.10 Å². The fourth-order valence-electron chi connectivity index (χ4n) is 12.0. The van der Waals surface area contributed by atoms with Gasteiger partial charge in [-0.25, -0.2) is 0 Å². The number of nitrogens with one attached hydrogen (secondary N) is 1. The predicted molar refractivity (Wildman–Crippen MR) is 170 cm³/mol. The van der Waals surface area contributed by atoms with E-state index in [4.69, 9.17) is 21.4 Å². The summed E-state index contributed by atoms with van der Waals surface area (Å²) in [5.41, 5.74) is 5.95. The van der Waals surface area contributed by atoms with E-state index in [9.17, 15) is 5.11 Å². The summed E-state index contributed by atoms with van der Waals surface area (Å²) in [5.74, 6) is 1.83. The molecular formula is C36H55ClN2O2. The first-order chi connectivity index (χ1) is 19.1. The molecule has 1 aliphatic heterocycles. The summed E-state index contributed by atoms with van der Waals surface area (Å²) in [7, 11) is 0. The van der Waals surface area contributed by atoms with Gasteiger partial charge in [0.05, 0.1) is 23.0 Å². The molecular weight excluding hydrogens is 528 g/mol. The normalized spacial score (nSPS) is 47.8. The quantitative estimate of drug-likeness (QED) is 0.349. The van der Waals surface area contributed by atoms with Crippen molar-refractivity contribution in [3.05, 3.63) is 29.3 Å². The molecule has 1 saturated heterocycles. The third-order valence-corrected chi connectivity index (χ3v) is 14.3. The third-order valence-electron chi connectivity index (χ3n) is 14.1. The molecule has 0 bridgehead atoms. The van der Waals surface area contributed by atoms with Gasteiger partial charge in [0.15, 0.2) is 0 Å². The van der Waals surface area contributed by atoms with E-state index in [1.54, 1.807) is 0 Å². The van der Waals surface area contributed by atoms with Crippen LogP contribution in [0.1, 0.15) is 120 Å². The zero-order valence-electron chi connectivity index (χ0n) is 26.9. The number of rotatable bonds is 3. The zero-order valence-corrected chi connectivity index (χ0v) is 27.7. The van der Waals surface area contributed by atoms with Gasteiger partial charge in [0.2, 0.25) is 0 Å². The van der Waals surface area contributed by atoms with Crippen LogP contribution in [0.3, 0.4) is 0 Å². The summed E-state index contributed by atoms with van der Waals surface area (Å²) in [4.78, 5) is 0. The van der Waals surface area contributed by atoms with Gasteiger partial charge in [-0.15, -0.1) is 0 Å². The van der Waals surface area contributed by atoms with Crippen molar-refractivity contribution < 1.29 is 9.84 Å². The van der Waals surface area contributed by atoms with E-state index in [-0.39, 0.29) is 39.0 Å². The van der Waals surface area contributed by atoms with E-state index < -0.39 is 0 Å². The van der Waals surface area contributed by atoms with Gasteiger partial charge in [0.25, 0.3) is 0 Å². The first-order valence-corrected chi connectivity index (χ1v) is 16.9. The lowest BCUT2D eigenvalue weighted by Crippen LogP contribution is -2.66. The van der Waals surface area contributed by atoms with Gasteiger partial charge >= 0.3 is 0 Å². The molecule has 41 heavy (non-hydrogen) atoms. The van der Waals surface area contributed by atoms with E-state index in [0.29, 0.717) is 23.7 Å². The van der Waals surface area contributed by atoms with E-state index >= 15 is 0 Å². The Balaban J connectivity index is 1.28. The molecule has 228 valence electrons. The van der Waals surface area contributed by atoms with Gasteiger partial charge < -0.3 is 9.84 Å². The second-order valence-electron chi connectivity index (χ2n) is 16.9. The molecule has 0 spiro atoms. The van der Waals surface area contributed by atoms with Crippen LogP contribution in [0.25, 0.3) is 0 Å². The van der Waals surface area contributed by atoms with Gasteiger partial charge in [-0.3, -0.25) is 5.43 Å². The van der Waals surface area contributed by atoms with Crippen LogP contribution in [0.2, 0.25) is 5.02 Å². The molecule has 0 unspecified atom stereocenters. The Hall–Kier alpha value is -1.10. The molecule has 0 aromatic heterocycles. The smallest absolute Gasteiger partial charge is 0.0693 e. The average Bonchev–Trinajstić information content (AvgIpc) is 3.26. The third kappa shape index (κ3) is 4.47. The van der Waals surface area contributed by atoms with E-state index in [1.807, 2.05) is 24.3 Å². The van der Waals surface area contributed by atoms with Crippen molar-refractivity contribution >= 4 is 23.0 Å². The number of benzene rings is 1. The lowest BCUT2D eigenvalue weighted by molar-refractivity contribution is -0.244. The molecule has 4 nitrogen and oxygen atoms in total. The first kappa shape index (κ1) is 29.9. The standard InChI is InChI=1S/C36H55ClN2O2/c1-31(2)17-9-18-36(8,41-31)25-14-20-35(7)30(25)26(40)22-28-33(5)19-16-29(39-38-24-12-10-23(37)11-13-24)32(3,4)27(33)15-21-34(28,35)6/h10-13,25-28,30,38,40H,9,14-22H2,1-8H3/b39-29+/t25-,26+,27-,28+,30-,33-,34+,35+,36+/m0/s1. The van der Waals surface area contributed by atoms with Gasteiger partial charge in [-0.1, -0.05) is 46.2 Å². The van der Waals surface area contributed by atoms with Crippen molar-refractivity contribution in [2.75, 3.05) is 5.43 Å². The summed E-state index contributed by atoms with van der Waals surface area (Å²) >= 11 is 6.10. The second kappa shape index (κ2) is 9.70. The highest BCUT2D eigenvalue weighted by Gasteiger charge is 2.71. The fraction of sp³-hybridized carbons (Fsp3) is 0.806. The topological polar surface area (TPSA) is 53.9 Å². The Bertz CT molecular complexity index is 1190. The van der Waals surface area contributed by atoms with Crippen LogP contribution < -0.4 is 5.43 Å². The number of anilines is 1. The van der Waals surface area contributed by atoms with Crippen molar-refractivity contribution in [1.29, 1.82) is 0 Å². The van der Waals surface area contributed by atoms with Crippen LogP contribution in [0.15, 0.2) is 29.4 Å². The molecule has 4 saturated carbocycles. The maximum absolute atomic E-state index is 12.2. The molecule has 5 aliphatic rings. The Morgan fingerprint density at radius 3 is 2.22 bits per heavy atom. The van der Waals surface area contributed by atoms with E-state index in [0.717, 1.165) is 42.8 Å². The lowest BCUT2D eigenvalue weighted by Gasteiger charge is -2.70. The Kier molecular flexibility index (Phi) is 7.09. The zero-order chi connectivity index (χ0) is 29.6. The molecule has 9 atom stereocenters. The van der Waals surface area contributed by atoms with E-state index in [1.165, 1.54) is 37.8 Å². The summed E-state index contributed by atoms with van der Waals surface area (Å²) < 4.78 is 6.93.